The molecule has 0 heterocycles. The Kier molecular flexibility index (Phi) is 3.50. The average Bonchev–Trinajstić information content (AvgIpc) is 2.14. The molecule has 1 rings (SSSR count). The number of carbonyl (C=O) groups excluding carboxylic acids is 1. The number of urea groups is 1. The highest BCUT2D eigenvalue weighted by molar-refractivity contribution is 5.98. The molecule has 2 amide bonds. The first kappa shape index (κ1) is 11.8. The van der Waals surface area contributed by atoms with Crippen molar-refractivity contribution >= 4 is 11.7 Å². The monoisotopic (exact) mass is 209 g/mol. The second kappa shape index (κ2) is 4.47. The minimum absolute atomic E-state index is 0.390. The summed E-state index contributed by atoms with van der Waals surface area (Å²) in [6, 6.07) is -0.619. The zero-order valence-corrected chi connectivity index (χ0v) is 9.63. The van der Waals surface area contributed by atoms with Crippen LogP contribution in [0.4, 0.5) is 4.79 Å². The smallest absolute Gasteiger partial charge is 0.332 e. The van der Waals surface area contributed by atoms with Crippen LogP contribution in [0.1, 0.15) is 40.0 Å². The van der Waals surface area contributed by atoms with E-state index in [0.717, 1.165) is 25.0 Å². The average molecular weight is 209 g/mol. The van der Waals surface area contributed by atoms with Gasteiger partial charge >= 0.3 is 6.03 Å². The summed E-state index contributed by atoms with van der Waals surface area (Å²) in [5.41, 5.74) is 9.64. The number of hydrogen-bond donors (Lipinski definition) is 2. The molecule has 4 heteroatoms. The van der Waals surface area contributed by atoms with Gasteiger partial charge in [-0.3, -0.25) is 0 Å². The fraction of sp³-hybridized carbons (Fsp3) is 0.636. The van der Waals surface area contributed by atoms with Crippen LogP contribution in [-0.4, -0.2) is 11.7 Å². The SMILES string of the molecule is C/C(=N/NC(N)=O)C1=CCC(C)(C)CC1. The quantitative estimate of drug-likeness (QED) is 0.531. The number of allylic oxidation sites excluding steroid dienone is 2. The Balaban J connectivity index is 2.62. The molecule has 0 fully saturated rings. The zero-order chi connectivity index (χ0) is 11.5. The lowest BCUT2D eigenvalue weighted by atomic mass is 9.77. The largest absolute Gasteiger partial charge is 0.350 e. The molecule has 0 saturated carbocycles. The van der Waals surface area contributed by atoms with E-state index in [9.17, 15) is 4.79 Å². The lowest BCUT2D eigenvalue weighted by Crippen LogP contribution is -2.26. The minimum Gasteiger partial charge on any atom is -0.350 e. The molecule has 0 bridgehead atoms. The number of carbonyl (C=O) groups is 1. The Morgan fingerprint density at radius 2 is 2.27 bits per heavy atom. The maximum absolute atomic E-state index is 10.5. The molecular formula is C11H19N3O. The molecular weight excluding hydrogens is 190 g/mol. The van der Waals surface area contributed by atoms with Crippen LogP contribution in [0, 0.1) is 5.41 Å². The van der Waals surface area contributed by atoms with Crippen molar-refractivity contribution in [2.24, 2.45) is 16.3 Å². The molecule has 0 unspecified atom stereocenters. The molecule has 0 radical (unpaired) electrons. The van der Waals surface area contributed by atoms with E-state index in [-0.39, 0.29) is 0 Å². The second-order valence-corrected chi connectivity index (χ2v) is 4.77. The lowest BCUT2D eigenvalue weighted by Gasteiger charge is -2.28. The van der Waals surface area contributed by atoms with Gasteiger partial charge in [-0.2, -0.15) is 5.10 Å². The Hall–Kier alpha value is -1.32. The number of primary amides is 1. The molecule has 3 N–H and O–H groups in total. The van der Waals surface area contributed by atoms with Crippen molar-refractivity contribution in [2.75, 3.05) is 0 Å². The number of hydrogen-bond acceptors (Lipinski definition) is 2. The van der Waals surface area contributed by atoms with Gasteiger partial charge in [-0.05, 0) is 37.2 Å². The summed E-state index contributed by atoms with van der Waals surface area (Å²) in [5, 5.41) is 3.92. The van der Waals surface area contributed by atoms with Crippen LogP contribution >= 0.6 is 0 Å². The highest BCUT2D eigenvalue weighted by atomic mass is 16.2. The molecule has 4 nitrogen and oxygen atoms in total. The highest BCUT2D eigenvalue weighted by Crippen LogP contribution is 2.34. The topological polar surface area (TPSA) is 67.5 Å². The third-order valence-electron chi connectivity index (χ3n) is 2.77. The summed E-state index contributed by atoms with van der Waals surface area (Å²) < 4.78 is 0. The third kappa shape index (κ3) is 3.73. The molecule has 0 saturated heterocycles. The first-order valence-electron chi connectivity index (χ1n) is 5.20. The molecule has 0 aromatic carbocycles. The number of rotatable bonds is 2. The van der Waals surface area contributed by atoms with Crippen molar-refractivity contribution in [1.82, 2.24) is 5.43 Å². The molecule has 0 aromatic rings. The normalized spacial score (nSPS) is 20.7. The summed E-state index contributed by atoms with van der Waals surface area (Å²) in [6.45, 7) is 6.41. The van der Waals surface area contributed by atoms with Gasteiger partial charge in [-0.15, -0.1) is 0 Å². The number of amides is 2. The second-order valence-electron chi connectivity index (χ2n) is 4.77. The van der Waals surface area contributed by atoms with Crippen molar-refractivity contribution in [3.05, 3.63) is 11.6 Å². The zero-order valence-electron chi connectivity index (χ0n) is 9.63. The van der Waals surface area contributed by atoms with Gasteiger partial charge in [0.2, 0.25) is 0 Å². The summed E-state index contributed by atoms with van der Waals surface area (Å²) >= 11 is 0. The Morgan fingerprint density at radius 3 is 2.73 bits per heavy atom. The highest BCUT2D eigenvalue weighted by Gasteiger charge is 2.22. The van der Waals surface area contributed by atoms with E-state index in [0.29, 0.717) is 5.41 Å². The van der Waals surface area contributed by atoms with E-state index in [1.165, 1.54) is 5.57 Å². The lowest BCUT2D eigenvalue weighted by molar-refractivity contribution is 0.249. The van der Waals surface area contributed by atoms with Crippen LogP contribution in [0.25, 0.3) is 0 Å². The minimum atomic E-state index is -0.619. The van der Waals surface area contributed by atoms with E-state index in [1.807, 2.05) is 6.92 Å². The Bertz CT molecular complexity index is 316. The first-order valence-corrected chi connectivity index (χ1v) is 5.20. The van der Waals surface area contributed by atoms with E-state index in [1.54, 1.807) is 0 Å². The van der Waals surface area contributed by atoms with Gasteiger partial charge in [0.05, 0.1) is 5.71 Å². The van der Waals surface area contributed by atoms with Gasteiger partial charge in [0, 0.05) is 0 Å². The van der Waals surface area contributed by atoms with Gasteiger partial charge in [0.15, 0.2) is 0 Å². The van der Waals surface area contributed by atoms with Crippen molar-refractivity contribution in [2.45, 2.75) is 40.0 Å². The summed E-state index contributed by atoms with van der Waals surface area (Å²) in [4.78, 5) is 10.5. The molecule has 1 aliphatic rings. The fourth-order valence-electron chi connectivity index (χ4n) is 1.62. The number of nitrogens with zero attached hydrogens (tertiary/aromatic N) is 1. The van der Waals surface area contributed by atoms with E-state index in [4.69, 9.17) is 5.73 Å². The summed E-state index contributed by atoms with van der Waals surface area (Å²) in [6.07, 6.45) is 5.43. The third-order valence-corrected chi connectivity index (χ3v) is 2.77. The van der Waals surface area contributed by atoms with Crippen molar-refractivity contribution in [3.63, 3.8) is 0 Å². The van der Waals surface area contributed by atoms with Crippen molar-refractivity contribution in [3.8, 4) is 0 Å². The predicted molar refractivity (Wildman–Crippen MR) is 61.5 cm³/mol. The number of nitrogens with one attached hydrogen (secondary N) is 1. The van der Waals surface area contributed by atoms with Crippen LogP contribution in [-0.2, 0) is 0 Å². The maximum atomic E-state index is 10.5. The van der Waals surface area contributed by atoms with Gasteiger partial charge in [-0.1, -0.05) is 19.9 Å². The van der Waals surface area contributed by atoms with Crippen molar-refractivity contribution in [1.29, 1.82) is 0 Å². The van der Waals surface area contributed by atoms with Crippen LogP contribution in [0.2, 0.25) is 0 Å². The maximum Gasteiger partial charge on any atom is 0.332 e. The molecule has 1 aliphatic carbocycles. The predicted octanol–water partition coefficient (Wildman–Crippen LogP) is 2.17. The van der Waals surface area contributed by atoms with Gasteiger partial charge < -0.3 is 5.73 Å². The molecule has 84 valence electrons. The van der Waals surface area contributed by atoms with Gasteiger partial charge in [-0.25, -0.2) is 10.2 Å². The van der Waals surface area contributed by atoms with E-state index < -0.39 is 6.03 Å². The fourth-order valence-corrected chi connectivity index (χ4v) is 1.62. The van der Waals surface area contributed by atoms with Crippen LogP contribution in [0.15, 0.2) is 16.8 Å². The molecule has 0 atom stereocenters. The molecule has 0 spiro atoms. The number of hydrazone groups is 1. The van der Waals surface area contributed by atoms with Crippen LogP contribution in [0.5, 0.6) is 0 Å². The van der Waals surface area contributed by atoms with Gasteiger partial charge in [0.25, 0.3) is 0 Å². The van der Waals surface area contributed by atoms with E-state index >= 15 is 0 Å². The van der Waals surface area contributed by atoms with Crippen molar-refractivity contribution < 1.29 is 4.79 Å². The molecule has 0 aromatic heterocycles. The Morgan fingerprint density at radius 1 is 1.60 bits per heavy atom. The number of nitrogens with two attached hydrogens (primary N) is 1. The van der Waals surface area contributed by atoms with E-state index in [2.05, 4.69) is 30.5 Å². The standard InChI is InChI=1S/C11H19N3O/c1-8(13-14-10(12)15)9-4-6-11(2,3)7-5-9/h4H,5-7H2,1-3H3,(H3,12,14,15)/b13-8-. The summed E-state index contributed by atoms with van der Waals surface area (Å²) in [7, 11) is 0. The molecule has 0 aliphatic heterocycles. The molecule has 15 heavy (non-hydrogen) atoms. The van der Waals surface area contributed by atoms with Crippen LogP contribution in [0.3, 0.4) is 0 Å². The van der Waals surface area contributed by atoms with Crippen LogP contribution < -0.4 is 11.2 Å². The first-order chi connectivity index (χ1) is 6.91. The summed E-state index contributed by atoms with van der Waals surface area (Å²) in [5.74, 6) is 0. The van der Waals surface area contributed by atoms with Gasteiger partial charge in [0.1, 0.15) is 0 Å². The Labute approximate surface area is 90.6 Å².